The average Bonchev–Trinajstić information content (AvgIpc) is 2.83. The van der Waals surface area contributed by atoms with Crippen molar-refractivity contribution in [2.45, 2.75) is 33.2 Å². The van der Waals surface area contributed by atoms with Crippen LogP contribution in [0.4, 0.5) is 0 Å². The summed E-state index contributed by atoms with van der Waals surface area (Å²) in [7, 11) is 0. The first-order valence-corrected chi connectivity index (χ1v) is 6.35. The maximum atomic E-state index is 5.72. The predicted molar refractivity (Wildman–Crippen MR) is 71.0 cm³/mol. The van der Waals surface area contributed by atoms with Gasteiger partial charge in [0, 0.05) is 6.42 Å². The lowest BCUT2D eigenvalue weighted by Crippen LogP contribution is -2.24. The minimum atomic E-state index is 0.211. The topological polar surface area (TPSA) is 21.3 Å². The van der Waals surface area contributed by atoms with Crippen LogP contribution in [-0.4, -0.2) is 13.2 Å². The standard InChI is InChI=1S/C15H21NO/c1-4-16-15(14-6-5-9-17-14)13-10-11(2)7-8-12(13)3/h6-8,10,15-16H,4-5,9H2,1-3H3. The van der Waals surface area contributed by atoms with Gasteiger partial charge in [-0.3, -0.25) is 0 Å². The van der Waals surface area contributed by atoms with E-state index in [4.69, 9.17) is 4.74 Å². The number of rotatable bonds is 4. The zero-order valence-corrected chi connectivity index (χ0v) is 10.9. The van der Waals surface area contributed by atoms with Crippen LogP contribution >= 0.6 is 0 Å². The van der Waals surface area contributed by atoms with E-state index in [1.165, 1.54) is 16.7 Å². The van der Waals surface area contributed by atoms with E-state index in [2.05, 4.69) is 50.4 Å². The van der Waals surface area contributed by atoms with Crippen LogP contribution in [0.3, 0.4) is 0 Å². The minimum absolute atomic E-state index is 0.211. The van der Waals surface area contributed by atoms with Crippen molar-refractivity contribution in [1.29, 1.82) is 0 Å². The molecule has 1 aromatic carbocycles. The molecule has 0 radical (unpaired) electrons. The largest absolute Gasteiger partial charge is 0.496 e. The van der Waals surface area contributed by atoms with Crippen LogP contribution in [0.5, 0.6) is 0 Å². The molecule has 17 heavy (non-hydrogen) atoms. The Hall–Kier alpha value is -1.28. The highest BCUT2D eigenvalue weighted by atomic mass is 16.5. The van der Waals surface area contributed by atoms with Crippen molar-refractivity contribution in [2.75, 3.05) is 13.2 Å². The molecule has 0 fully saturated rings. The van der Waals surface area contributed by atoms with E-state index in [0.29, 0.717) is 0 Å². The molecule has 1 N–H and O–H groups in total. The fourth-order valence-corrected chi connectivity index (χ4v) is 2.28. The molecule has 1 aliphatic heterocycles. The number of likely N-dealkylation sites (N-methyl/N-ethyl adjacent to an activating group) is 1. The number of hydrogen-bond donors (Lipinski definition) is 1. The number of hydrogen-bond acceptors (Lipinski definition) is 2. The van der Waals surface area contributed by atoms with Gasteiger partial charge < -0.3 is 10.1 Å². The molecule has 0 amide bonds. The van der Waals surface area contributed by atoms with E-state index < -0.39 is 0 Å². The SMILES string of the molecule is CCNC(C1=CCCO1)c1cc(C)ccc1C. The lowest BCUT2D eigenvalue weighted by Gasteiger charge is -2.21. The van der Waals surface area contributed by atoms with Crippen LogP contribution in [0, 0.1) is 13.8 Å². The van der Waals surface area contributed by atoms with E-state index in [-0.39, 0.29) is 6.04 Å². The van der Waals surface area contributed by atoms with Gasteiger partial charge in [0.2, 0.25) is 0 Å². The van der Waals surface area contributed by atoms with Crippen molar-refractivity contribution in [3.8, 4) is 0 Å². The van der Waals surface area contributed by atoms with Gasteiger partial charge in [-0.15, -0.1) is 0 Å². The van der Waals surface area contributed by atoms with Gasteiger partial charge in [0.25, 0.3) is 0 Å². The third-order valence-electron chi connectivity index (χ3n) is 3.17. The molecule has 2 rings (SSSR count). The van der Waals surface area contributed by atoms with Crippen molar-refractivity contribution in [3.05, 3.63) is 46.7 Å². The normalized spacial score (nSPS) is 16.5. The monoisotopic (exact) mass is 231 g/mol. The van der Waals surface area contributed by atoms with E-state index in [1.807, 2.05) is 0 Å². The lowest BCUT2D eigenvalue weighted by molar-refractivity contribution is 0.216. The quantitative estimate of drug-likeness (QED) is 0.858. The molecule has 0 aromatic heterocycles. The second-order valence-corrected chi connectivity index (χ2v) is 4.59. The predicted octanol–water partition coefficient (Wildman–Crippen LogP) is 3.26. The summed E-state index contributed by atoms with van der Waals surface area (Å²) in [6.45, 7) is 8.19. The molecular formula is C15H21NO. The summed E-state index contributed by atoms with van der Waals surface area (Å²) in [6.07, 6.45) is 3.23. The van der Waals surface area contributed by atoms with Crippen LogP contribution < -0.4 is 5.32 Å². The van der Waals surface area contributed by atoms with Crippen LogP contribution in [0.15, 0.2) is 30.0 Å². The molecule has 2 heteroatoms. The highest BCUT2D eigenvalue weighted by Gasteiger charge is 2.21. The van der Waals surface area contributed by atoms with Gasteiger partial charge in [0.1, 0.15) is 5.76 Å². The van der Waals surface area contributed by atoms with Crippen molar-refractivity contribution < 1.29 is 4.74 Å². The van der Waals surface area contributed by atoms with Gasteiger partial charge in [-0.2, -0.15) is 0 Å². The molecule has 0 bridgehead atoms. The Bertz CT molecular complexity index is 423. The molecule has 1 unspecified atom stereocenters. The van der Waals surface area contributed by atoms with Crippen molar-refractivity contribution >= 4 is 0 Å². The van der Waals surface area contributed by atoms with E-state index in [9.17, 15) is 0 Å². The van der Waals surface area contributed by atoms with E-state index in [0.717, 1.165) is 25.3 Å². The average molecular weight is 231 g/mol. The third-order valence-corrected chi connectivity index (χ3v) is 3.17. The first-order chi connectivity index (χ1) is 8.22. The molecule has 1 atom stereocenters. The van der Waals surface area contributed by atoms with Crippen molar-refractivity contribution in [1.82, 2.24) is 5.32 Å². The summed E-state index contributed by atoms with van der Waals surface area (Å²) in [5.41, 5.74) is 3.95. The Morgan fingerprint density at radius 2 is 2.18 bits per heavy atom. The molecule has 2 nitrogen and oxygen atoms in total. The molecule has 92 valence electrons. The van der Waals surface area contributed by atoms with Crippen LogP contribution in [-0.2, 0) is 4.74 Å². The van der Waals surface area contributed by atoms with Gasteiger partial charge in [-0.1, -0.05) is 30.7 Å². The van der Waals surface area contributed by atoms with Gasteiger partial charge >= 0.3 is 0 Å². The van der Waals surface area contributed by atoms with E-state index >= 15 is 0 Å². The maximum Gasteiger partial charge on any atom is 0.114 e. The number of nitrogens with one attached hydrogen (secondary N) is 1. The summed E-state index contributed by atoms with van der Waals surface area (Å²) < 4.78 is 5.72. The van der Waals surface area contributed by atoms with Crippen molar-refractivity contribution in [2.24, 2.45) is 0 Å². The summed E-state index contributed by atoms with van der Waals surface area (Å²) in [6, 6.07) is 6.81. The third kappa shape index (κ3) is 2.70. The van der Waals surface area contributed by atoms with Crippen molar-refractivity contribution in [3.63, 3.8) is 0 Å². The fraction of sp³-hybridized carbons (Fsp3) is 0.467. The summed E-state index contributed by atoms with van der Waals surface area (Å²) in [5.74, 6) is 1.08. The first kappa shape index (κ1) is 12.2. The molecule has 1 aromatic rings. The number of aryl methyl sites for hydroxylation is 2. The molecule has 0 spiro atoms. The molecule has 0 saturated carbocycles. The second kappa shape index (κ2) is 5.37. The summed E-state index contributed by atoms with van der Waals surface area (Å²) in [4.78, 5) is 0. The van der Waals surface area contributed by atoms with Crippen LogP contribution in [0.25, 0.3) is 0 Å². The van der Waals surface area contributed by atoms with Gasteiger partial charge in [-0.25, -0.2) is 0 Å². The Balaban J connectivity index is 2.34. The number of ether oxygens (including phenoxy) is 1. The zero-order chi connectivity index (χ0) is 12.3. The molecule has 0 aliphatic carbocycles. The molecule has 1 heterocycles. The Morgan fingerprint density at radius 1 is 1.35 bits per heavy atom. The smallest absolute Gasteiger partial charge is 0.114 e. The maximum absolute atomic E-state index is 5.72. The van der Waals surface area contributed by atoms with Crippen LogP contribution in [0.1, 0.15) is 36.1 Å². The summed E-state index contributed by atoms with van der Waals surface area (Å²) >= 11 is 0. The van der Waals surface area contributed by atoms with Gasteiger partial charge in [-0.05, 0) is 37.6 Å². The summed E-state index contributed by atoms with van der Waals surface area (Å²) in [5, 5.41) is 3.52. The molecule has 0 saturated heterocycles. The zero-order valence-electron chi connectivity index (χ0n) is 10.9. The lowest BCUT2D eigenvalue weighted by atomic mass is 9.97. The minimum Gasteiger partial charge on any atom is -0.496 e. The van der Waals surface area contributed by atoms with Crippen LogP contribution in [0.2, 0.25) is 0 Å². The fourth-order valence-electron chi connectivity index (χ4n) is 2.28. The second-order valence-electron chi connectivity index (χ2n) is 4.59. The number of benzene rings is 1. The van der Waals surface area contributed by atoms with Gasteiger partial charge in [0.05, 0.1) is 12.6 Å². The Labute approximate surface area is 104 Å². The molecular weight excluding hydrogens is 210 g/mol. The molecule has 1 aliphatic rings. The Morgan fingerprint density at radius 3 is 2.82 bits per heavy atom. The Kier molecular flexibility index (Phi) is 3.85. The van der Waals surface area contributed by atoms with E-state index in [1.54, 1.807) is 0 Å². The highest BCUT2D eigenvalue weighted by molar-refractivity contribution is 5.36. The first-order valence-electron chi connectivity index (χ1n) is 6.35. The highest BCUT2D eigenvalue weighted by Crippen LogP contribution is 2.29. The van der Waals surface area contributed by atoms with Gasteiger partial charge in [0.15, 0.2) is 0 Å².